The number of rotatable bonds is 9. The molecule has 0 bridgehead atoms. The van der Waals surface area contributed by atoms with Gasteiger partial charge in [0.05, 0.1) is 4.90 Å². The van der Waals surface area contributed by atoms with Gasteiger partial charge < -0.3 is 5.73 Å². The van der Waals surface area contributed by atoms with Crippen LogP contribution >= 0.6 is 0 Å². The second-order valence-electron chi connectivity index (χ2n) is 5.89. The Hall–Kier alpha value is -2.22. The SMILES string of the molecule is CCN(CC)C(CNS(=O)(=O)c1ccc(C(N)=O)cc1)c1ccccc1. The van der Waals surface area contributed by atoms with Gasteiger partial charge in [0.25, 0.3) is 0 Å². The smallest absolute Gasteiger partial charge is 0.248 e. The molecule has 1 unspecified atom stereocenters. The van der Waals surface area contributed by atoms with Crippen LogP contribution in [0.4, 0.5) is 0 Å². The van der Waals surface area contributed by atoms with E-state index in [1.165, 1.54) is 24.3 Å². The number of hydrogen-bond acceptors (Lipinski definition) is 4. The quantitative estimate of drug-likeness (QED) is 0.702. The van der Waals surface area contributed by atoms with Crippen LogP contribution in [0.25, 0.3) is 0 Å². The van der Waals surface area contributed by atoms with Crippen LogP contribution in [0.3, 0.4) is 0 Å². The molecule has 7 heteroatoms. The molecule has 0 aromatic heterocycles. The number of nitrogens with one attached hydrogen (secondary N) is 1. The van der Waals surface area contributed by atoms with Crippen molar-refractivity contribution >= 4 is 15.9 Å². The van der Waals surface area contributed by atoms with E-state index in [0.717, 1.165) is 18.7 Å². The van der Waals surface area contributed by atoms with Crippen LogP contribution < -0.4 is 10.5 Å². The molecule has 2 aromatic carbocycles. The molecular formula is C19H25N3O3S. The largest absolute Gasteiger partial charge is 0.366 e. The maximum absolute atomic E-state index is 12.6. The Kier molecular flexibility index (Phi) is 6.90. The Morgan fingerprint density at radius 1 is 1.04 bits per heavy atom. The zero-order chi connectivity index (χ0) is 19.2. The molecule has 2 rings (SSSR count). The summed E-state index contributed by atoms with van der Waals surface area (Å²) in [5.41, 5.74) is 6.52. The molecular weight excluding hydrogens is 350 g/mol. The molecule has 0 aliphatic heterocycles. The summed E-state index contributed by atoms with van der Waals surface area (Å²) in [6.07, 6.45) is 0. The van der Waals surface area contributed by atoms with Crippen molar-refractivity contribution in [3.05, 3.63) is 65.7 Å². The number of nitrogens with two attached hydrogens (primary N) is 1. The van der Waals surface area contributed by atoms with E-state index in [0.29, 0.717) is 0 Å². The van der Waals surface area contributed by atoms with Crippen LogP contribution in [-0.2, 0) is 10.0 Å². The summed E-state index contributed by atoms with van der Waals surface area (Å²) in [4.78, 5) is 13.4. The van der Waals surface area contributed by atoms with E-state index in [1.807, 2.05) is 30.3 Å². The summed E-state index contributed by atoms with van der Waals surface area (Å²) >= 11 is 0. The van der Waals surface area contributed by atoms with E-state index in [1.54, 1.807) is 0 Å². The van der Waals surface area contributed by atoms with Crippen molar-refractivity contribution in [2.24, 2.45) is 5.73 Å². The normalized spacial score (nSPS) is 12.9. The first-order chi connectivity index (χ1) is 12.4. The number of carbonyl (C=O) groups is 1. The standard InChI is InChI=1S/C19H25N3O3S/c1-3-22(4-2)18(15-8-6-5-7-9-15)14-21-26(24,25)17-12-10-16(11-13-17)19(20)23/h5-13,18,21H,3-4,14H2,1-2H3,(H2,20,23). The van der Waals surface area contributed by atoms with Crippen LogP contribution in [0.2, 0.25) is 0 Å². The van der Waals surface area contributed by atoms with E-state index in [4.69, 9.17) is 5.73 Å². The predicted molar refractivity (Wildman–Crippen MR) is 102 cm³/mol. The second-order valence-corrected chi connectivity index (χ2v) is 7.66. The summed E-state index contributed by atoms with van der Waals surface area (Å²) in [6, 6.07) is 15.4. The summed E-state index contributed by atoms with van der Waals surface area (Å²) in [5, 5.41) is 0. The topological polar surface area (TPSA) is 92.5 Å². The highest BCUT2D eigenvalue weighted by Gasteiger charge is 2.22. The van der Waals surface area contributed by atoms with Crippen molar-refractivity contribution in [2.45, 2.75) is 24.8 Å². The third kappa shape index (κ3) is 4.91. The van der Waals surface area contributed by atoms with Gasteiger partial charge in [-0.3, -0.25) is 9.69 Å². The maximum Gasteiger partial charge on any atom is 0.248 e. The fourth-order valence-corrected chi connectivity index (χ4v) is 3.91. The summed E-state index contributed by atoms with van der Waals surface area (Å²) < 4.78 is 27.9. The van der Waals surface area contributed by atoms with Crippen molar-refractivity contribution in [1.82, 2.24) is 9.62 Å². The summed E-state index contributed by atoms with van der Waals surface area (Å²) in [6.45, 7) is 5.98. The molecule has 26 heavy (non-hydrogen) atoms. The van der Waals surface area contributed by atoms with Crippen LogP contribution in [0.1, 0.15) is 35.8 Å². The lowest BCUT2D eigenvalue weighted by Crippen LogP contribution is -2.38. The lowest BCUT2D eigenvalue weighted by atomic mass is 10.1. The first-order valence-corrected chi connectivity index (χ1v) is 10.1. The zero-order valence-electron chi connectivity index (χ0n) is 15.1. The Morgan fingerprint density at radius 3 is 2.12 bits per heavy atom. The van der Waals surface area contributed by atoms with Gasteiger partial charge in [-0.25, -0.2) is 13.1 Å². The Bertz CT molecular complexity index is 817. The zero-order valence-corrected chi connectivity index (χ0v) is 15.9. The molecule has 0 aliphatic carbocycles. The number of likely N-dealkylation sites (N-methyl/N-ethyl adjacent to an activating group) is 1. The van der Waals surface area contributed by atoms with Gasteiger partial charge in [0, 0.05) is 18.2 Å². The fraction of sp³-hybridized carbons (Fsp3) is 0.316. The first kappa shape index (κ1) is 20.1. The minimum absolute atomic E-state index is 0.0640. The molecule has 140 valence electrons. The lowest BCUT2D eigenvalue weighted by molar-refractivity contribution is 0.1000. The fourth-order valence-electron chi connectivity index (χ4n) is 2.87. The molecule has 0 radical (unpaired) electrons. The van der Waals surface area contributed by atoms with Gasteiger partial charge in [-0.2, -0.15) is 0 Å². The molecule has 0 saturated carbocycles. The average molecular weight is 375 g/mol. The first-order valence-electron chi connectivity index (χ1n) is 8.57. The van der Waals surface area contributed by atoms with Gasteiger partial charge >= 0.3 is 0 Å². The summed E-state index contributed by atoms with van der Waals surface area (Å²) in [7, 11) is -3.68. The Balaban J connectivity index is 2.19. The van der Waals surface area contributed by atoms with Crippen LogP contribution in [0, 0.1) is 0 Å². The molecule has 0 spiro atoms. The van der Waals surface area contributed by atoms with E-state index < -0.39 is 15.9 Å². The van der Waals surface area contributed by atoms with E-state index in [9.17, 15) is 13.2 Å². The number of amides is 1. The van der Waals surface area contributed by atoms with Crippen LogP contribution in [0.15, 0.2) is 59.5 Å². The predicted octanol–water partition coefficient (Wildman–Crippen LogP) is 2.15. The molecule has 0 heterocycles. The second kappa shape index (κ2) is 8.93. The van der Waals surface area contributed by atoms with Gasteiger partial charge in [-0.1, -0.05) is 44.2 Å². The highest BCUT2D eigenvalue weighted by molar-refractivity contribution is 7.89. The van der Waals surface area contributed by atoms with Gasteiger partial charge in [0.1, 0.15) is 0 Å². The minimum Gasteiger partial charge on any atom is -0.366 e. The van der Waals surface area contributed by atoms with Gasteiger partial charge in [-0.15, -0.1) is 0 Å². The minimum atomic E-state index is -3.68. The van der Waals surface area contributed by atoms with Crippen molar-refractivity contribution in [3.63, 3.8) is 0 Å². The van der Waals surface area contributed by atoms with Crippen LogP contribution in [0.5, 0.6) is 0 Å². The Labute approximate surface area is 155 Å². The average Bonchev–Trinajstić information content (AvgIpc) is 2.66. The number of hydrogen-bond donors (Lipinski definition) is 2. The van der Waals surface area contributed by atoms with E-state index in [-0.39, 0.29) is 23.0 Å². The van der Waals surface area contributed by atoms with Gasteiger partial charge in [0.2, 0.25) is 15.9 Å². The molecule has 0 aliphatic rings. The number of carbonyl (C=O) groups excluding carboxylic acids is 1. The highest BCUT2D eigenvalue weighted by Crippen LogP contribution is 2.20. The molecule has 1 atom stereocenters. The molecule has 3 N–H and O–H groups in total. The molecule has 0 saturated heterocycles. The van der Waals surface area contributed by atoms with E-state index in [2.05, 4.69) is 23.5 Å². The molecule has 6 nitrogen and oxygen atoms in total. The van der Waals surface area contributed by atoms with Gasteiger partial charge in [-0.05, 0) is 42.9 Å². The number of nitrogens with zero attached hydrogens (tertiary/aromatic N) is 1. The van der Waals surface area contributed by atoms with Gasteiger partial charge in [0.15, 0.2) is 0 Å². The highest BCUT2D eigenvalue weighted by atomic mass is 32.2. The van der Waals surface area contributed by atoms with Crippen molar-refractivity contribution in [1.29, 1.82) is 0 Å². The number of sulfonamides is 1. The van der Waals surface area contributed by atoms with Crippen LogP contribution in [-0.4, -0.2) is 38.9 Å². The third-order valence-corrected chi connectivity index (χ3v) is 5.79. The van der Waals surface area contributed by atoms with Crippen molar-refractivity contribution in [3.8, 4) is 0 Å². The maximum atomic E-state index is 12.6. The Morgan fingerprint density at radius 2 is 1.62 bits per heavy atom. The summed E-state index contributed by atoms with van der Waals surface area (Å²) in [5.74, 6) is -0.590. The van der Waals surface area contributed by atoms with Crippen molar-refractivity contribution < 1.29 is 13.2 Å². The third-order valence-electron chi connectivity index (χ3n) is 4.35. The molecule has 2 aromatic rings. The lowest BCUT2D eigenvalue weighted by Gasteiger charge is -2.30. The molecule has 0 fully saturated rings. The number of primary amides is 1. The number of benzene rings is 2. The monoisotopic (exact) mass is 375 g/mol. The van der Waals surface area contributed by atoms with Crippen molar-refractivity contribution in [2.75, 3.05) is 19.6 Å². The van der Waals surface area contributed by atoms with E-state index >= 15 is 0 Å². The molecule has 1 amide bonds.